The molecular formula is C31H54O3. The molecule has 0 radical (unpaired) electrons. The molecule has 34 heavy (non-hydrogen) atoms. The third kappa shape index (κ3) is 3.61. The number of hydrogen-bond acceptors (Lipinski definition) is 3. The minimum atomic E-state index is -1.05. The van der Waals surface area contributed by atoms with Gasteiger partial charge in [0.15, 0.2) is 0 Å². The van der Waals surface area contributed by atoms with Gasteiger partial charge in [-0.15, -0.1) is 0 Å². The molecular weight excluding hydrogens is 420 g/mol. The van der Waals surface area contributed by atoms with E-state index in [-0.39, 0.29) is 27.8 Å². The smallest absolute Gasteiger partial charge is 0.0849 e. The topological polar surface area (TPSA) is 60.7 Å². The van der Waals surface area contributed by atoms with Crippen LogP contribution >= 0.6 is 0 Å². The zero-order chi connectivity index (χ0) is 25.5. The maximum Gasteiger partial charge on any atom is 0.0849 e. The van der Waals surface area contributed by atoms with Gasteiger partial charge in [0.2, 0.25) is 0 Å². The van der Waals surface area contributed by atoms with E-state index in [1.54, 1.807) is 19.4 Å². The van der Waals surface area contributed by atoms with Gasteiger partial charge in [0.1, 0.15) is 0 Å². The van der Waals surface area contributed by atoms with Crippen molar-refractivity contribution in [2.24, 2.45) is 51.2 Å². The Hall–Kier alpha value is -0.380. The van der Waals surface area contributed by atoms with Gasteiger partial charge in [0.05, 0.1) is 17.8 Å². The molecule has 3 heteroatoms. The minimum Gasteiger partial charge on any atom is -0.393 e. The highest BCUT2D eigenvalue weighted by Crippen LogP contribution is 2.75. The SMILES string of the molecule is CC(CCC(O)C(C)(C)O)C1CCC2(C)C3CC=C4C(CCC(C)C4(C)C)C3(C)C(O)CC12C. The number of hydrogen-bond donors (Lipinski definition) is 3. The number of aliphatic hydroxyl groups is 3. The van der Waals surface area contributed by atoms with Gasteiger partial charge in [-0.1, -0.05) is 60.1 Å². The Balaban J connectivity index is 1.63. The second-order valence-electron chi connectivity index (χ2n) is 15.0. The molecule has 0 saturated heterocycles. The molecule has 0 spiro atoms. The first-order valence-corrected chi connectivity index (χ1v) is 14.3. The van der Waals surface area contributed by atoms with Crippen molar-refractivity contribution in [3.63, 3.8) is 0 Å². The van der Waals surface area contributed by atoms with E-state index < -0.39 is 11.7 Å². The van der Waals surface area contributed by atoms with Crippen LogP contribution in [0.3, 0.4) is 0 Å². The molecule has 3 nitrogen and oxygen atoms in total. The summed E-state index contributed by atoms with van der Waals surface area (Å²) in [5.41, 5.74) is 1.12. The average molecular weight is 475 g/mol. The highest BCUT2D eigenvalue weighted by atomic mass is 16.3. The Bertz CT molecular complexity index is 808. The molecule has 4 aliphatic rings. The Morgan fingerprint density at radius 1 is 1.03 bits per heavy atom. The molecule has 4 rings (SSSR count). The molecule has 10 unspecified atom stereocenters. The zero-order valence-corrected chi connectivity index (χ0v) is 23.6. The predicted molar refractivity (Wildman–Crippen MR) is 140 cm³/mol. The van der Waals surface area contributed by atoms with Crippen molar-refractivity contribution in [3.8, 4) is 0 Å². The van der Waals surface area contributed by atoms with Crippen LogP contribution < -0.4 is 0 Å². The van der Waals surface area contributed by atoms with Crippen LogP contribution in [0.5, 0.6) is 0 Å². The standard InChI is InChI=1S/C31H54O3/c1-19(10-15-25(32)28(5,6)34)21-16-17-29(7)24-14-13-22-23(12-11-20(2)27(22,3)4)31(24,9)26(33)18-30(21,29)8/h13,19-21,23-26,32-34H,10-12,14-18H2,1-9H3. The lowest BCUT2D eigenvalue weighted by molar-refractivity contribution is -0.202. The fourth-order valence-electron chi connectivity index (χ4n) is 9.82. The van der Waals surface area contributed by atoms with Crippen molar-refractivity contribution >= 4 is 0 Å². The van der Waals surface area contributed by atoms with Crippen molar-refractivity contribution in [1.29, 1.82) is 0 Å². The van der Waals surface area contributed by atoms with E-state index in [2.05, 4.69) is 54.5 Å². The van der Waals surface area contributed by atoms with E-state index in [0.29, 0.717) is 36.0 Å². The van der Waals surface area contributed by atoms with Crippen molar-refractivity contribution in [1.82, 2.24) is 0 Å². The molecule has 0 aliphatic heterocycles. The lowest BCUT2D eigenvalue weighted by Crippen LogP contribution is -2.64. The van der Waals surface area contributed by atoms with E-state index >= 15 is 0 Å². The van der Waals surface area contributed by atoms with Gasteiger partial charge in [0, 0.05) is 5.41 Å². The van der Waals surface area contributed by atoms with Crippen LogP contribution in [0.1, 0.15) is 114 Å². The van der Waals surface area contributed by atoms with E-state index in [0.717, 1.165) is 19.3 Å². The third-order valence-electron chi connectivity index (χ3n) is 12.9. The highest BCUT2D eigenvalue weighted by molar-refractivity contribution is 5.31. The molecule has 0 aromatic heterocycles. The zero-order valence-electron chi connectivity index (χ0n) is 23.6. The summed E-state index contributed by atoms with van der Waals surface area (Å²) >= 11 is 0. The van der Waals surface area contributed by atoms with E-state index in [1.807, 2.05) is 0 Å². The van der Waals surface area contributed by atoms with Crippen molar-refractivity contribution < 1.29 is 15.3 Å². The summed E-state index contributed by atoms with van der Waals surface area (Å²) < 4.78 is 0. The Kier molecular flexibility index (Phi) is 6.53. The fourth-order valence-corrected chi connectivity index (χ4v) is 9.82. The summed E-state index contributed by atoms with van der Waals surface area (Å²) in [5.74, 6) is 2.76. The van der Waals surface area contributed by atoms with Crippen LogP contribution in [-0.2, 0) is 0 Å². The molecule has 196 valence electrons. The molecule has 0 heterocycles. The van der Waals surface area contributed by atoms with Crippen molar-refractivity contribution in [3.05, 3.63) is 11.6 Å². The first-order chi connectivity index (χ1) is 15.5. The van der Waals surface area contributed by atoms with Gasteiger partial charge in [-0.05, 0) is 111 Å². The normalized spacial score (nSPS) is 47.8. The predicted octanol–water partition coefficient (Wildman–Crippen LogP) is 6.75. The van der Waals surface area contributed by atoms with E-state index in [9.17, 15) is 15.3 Å². The number of fused-ring (bicyclic) bond motifs is 5. The second-order valence-corrected chi connectivity index (χ2v) is 15.0. The summed E-state index contributed by atoms with van der Waals surface area (Å²) in [4.78, 5) is 0. The Labute approximate surface area is 209 Å². The highest BCUT2D eigenvalue weighted by Gasteiger charge is 2.69. The molecule has 3 N–H and O–H groups in total. The maximum absolute atomic E-state index is 12.0. The molecule has 0 amide bonds. The van der Waals surface area contributed by atoms with Crippen LogP contribution in [0.15, 0.2) is 11.6 Å². The molecule has 0 aromatic rings. The molecule has 0 aromatic carbocycles. The van der Waals surface area contributed by atoms with Gasteiger partial charge >= 0.3 is 0 Å². The van der Waals surface area contributed by atoms with E-state index in [4.69, 9.17) is 0 Å². The molecule has 3 saturated carbocycles. The number of allylic oxidation sites excluding steroid dienone is 2. The molecule has 3 fully saturated rings. The lowest BCUT2D eigenvalue weighted by atomic mass is 9.38. The number of rotatable bonds is 5. The average Bonchev–Trinajstić information content (AvgIpc) is 2.99. The molecule has 4 aliphatic carbocycles. The van der Waals surface area contributed by atoms with Gasteiger partial charge < -0.3 is 15.3 Å². The first-order valence-electron chi connectivity index (χ1n) is 14.3. The summed E-state index contributed by atoms with van der Waals surface area (Å²) in [7, 11) is 0. The summed E-state index contributed by atoms with van der Waals surface area (Å²) in [6, 6.07) is 0. The van der Waals surface area contributed by atoms with Crippen molar-refractivity contribution in [2.75, 3.05) is 0 Å². The summed E-state index contributed by atoms with van der Waals surface area (Å²) in [6.45, 7) is 20.6. The fraction of sp³-hybridized carbons (Fsp3) is 0.935. The van der Waals surface area contributed by atoms with E-state index in [1.165, 1.54) is 25.7 Å². The maximum atomic E-state index is 12.0. The lowest BCUT2D eigenvalue weighted by Gasteiger charge is -2.67. The summed E-state index contributed by atoms with van der Waals surface area (Å²) in [6.07, 6.45) is 10.2. The molecule has 10 atom stereocenters. The first kappa shape index (κ1) is 26.7. The largest absolute Gasteiger partial charge is 0.393 e. The third-order valence-corrected chi connectivity index (χ3v) is 12.9. The van der Waals surface area contributed by atoms with Crippen LogP contribution in [0.4, 0.5) is 0 Å². The Morgan fingerprint density at radius 2 is 1.68 bits per heavy atom. The minimum absolute atomic E-state index is 0.0367. The monoisotopic (exact) mass is 474 g/mol. The molecule has 0 bridgehead atoms. The quantitative estimate of drug-likeness (QED) is 0.386. The van der Waals surface area contributed by atoms with Gasteiger partial charge in [0.25, 0.3) is 0 Å². The van der Waals surface area contributed by atoms with Gasteiger partial charge in [-0.3, -0.25) is 0 Å². The second kappa shape index (κ2) is 8.32. The van der Waals surface area contributed by atoms with Crippen LogP contribution in [0, 0.1) is 51.2 Å². The van der Waals surface area contributed by atoms with Crippen LogP contribution in [0.2, 0.25) is 0 Å². The van der Waals surface area contributed by atoms with Crippen molar-refractivity contribution in [2.45, 2.75) is 131 Å². The van der Waals surface area contributed by atoms with Gasteiger partial charge in [-0.2, -0.15) is 0 Å². The Morgan fingerprint density at radius 3 is 2.29 bits per heavy atom. The van der Waals surface area contributed by atoms with Gasteiger partial charge in [-0.25, -0.2) is 0 Å². The van der Waals surface area contributed by atoms with Crippen LogP contribution in [-0.4, -0.2) is 33.1 Å². The summed E-state index contributed by atoms with van der Waals surface area (Å²) in [5, 5.41) is 32.6. The number of aliphatic hydroxyl groups excluding tert-OH is 2. The van der Waals surface area contributed by atoms with Crippen LogP contribution in [0.25, 0.3) is 0 Å².